The molecule has 0 saturated heterocycles. The molecule has 6 heteroatoms. The molecule has 2 rings (SSSR count). The lowest BCUT2D eigenvalue weighted by Crippen LogP contribution is -2.47. The van der Waals surface area contributed by atoms with Gasteiger partial charge in [0, 0.05) is 18.4 Å². The van der Waals surface area contributed by atoms with Crippen LogP contribution in [0.5, 0.6) is 0 Å². The minimum atomic E-state index is -0.882. The first-order valence-corrected chi connectivity index (χ1v) is 9.31. The van der Waals surface area contributed by atoms with Crippen LogP contribution in [0.3, 0.4) is 0 Å². The molecule has 0 bridgehead atoms. The van der Waals surface area contributed by atoms with Gasteiger partial charge in [-0.05, 0) is 64.3 Å². The molecule has 1 atom stereocenters. The molecule has 1 aromatic carbocycles. The van der Waals surface area contributed by atoms with Gasteiger partial charge in [-0.15, -0.1) is 0 Å². The summed E-state index contributed by atoms with van der Waals surface area (Å²) in [4.78, 5) is 24.9. The second-order valence-electron chi connectivity index (χ2n) is 8.93. The van der Waals surface area contributed by atoms with Crippen molar-refractivity contribution >= 4 is 18.1 Å². The van der Waals surface area contributed by atoms with Crippen LogP contribution in [0.15, 0.2) is 23.8 Å². The highest BCUT2D eigenvalue weighted by Gasteiger charge is 2.29. The Morgan fingerprint density at radius 3 is 2.36 bits per heavy atom. The maximum atomic E-state index is 12.6. The van der Waals surface area contributed by atoms with Crippen LogP contribution in [-0.4, -0.2) is 29.3 Å². The minimum absolute atomic E-state index is 0.261. The van der Waals surface area contributed by atoms with Crippen LogP contribution in [0.2, 0.25) is 0 Å². The number of nitrogens with one attached hydrogen (secondary N) is 1. The Balaban J connectivity index is 2.20. The maximum absolute atomic E-state index is 12.6. The summed E-state index contributed by atoms with van der Waals surface area (Å²) in [5.74, 6) is -0.521. The number of esters is 1. The molecule has 0 unspecified atom stereocenters. The van der Waals surface area contributed by atoms with Gasteiger partial charge in [-0.1, -0.05) is 18.2 Å². The third-order valence-electron chi connectivity index (χ3n) is 3.89. The number of allylic oxidation sites excluding steroid dienone is 1. The number of hydrogen-bond donors (Lipinski definition) is 1. The molecule has 0 heterocycles. The maximum Gasteiger partial charge on any atom is 0.408 e. The molecule has 6 nitrogen and oxygen atoms in total. The summed E-state index contributed by atoms with van der Waals surface area (Å²) in [5, 5.41) is 11.7. The summed E-state index contributed by atoms with van der Waals surface area (Å²) in [6, 6.07) is 7.09. The standard InChI is InChI=1S/C22H28N2O4/c1-21(2,3)27-19(25)18(24-20(26)28-22(4,5)6)12-14-7-8-16-10-15(13-23)11-17(16)9-14/h7-9,11,18H,10,12H2,1-6H3,(H,24,26)/t18-/m0/s1. The van der Waals surface area contributed by atoms with Crippen LogP contribution in [-0.2, 0) is 27.1 Å². The molecule has 0 spiro atoms. The Hall–Kier alpha value is -2.81. The average molecular weight is 384 g/mol. The van der Waals surface area contributed by atoms with Gasteiger partial charge in [-0.3, -0.25) is 0 Å². The van der Waals surface area contributed by atoms with Crippen molar-refractivity contribution in [3.05, 3.63) is 40.5 Å². The van der Waals surface area contributed by atoms with Crippen molar-refractivity contribution < 1.29 is 19.1 Å². The van der Waals surface area contributed by atoms with Crippen LogP contribution in [0.1, 0.15) is 58.2 Å². The molecule has 1 aromatic rings. The van der Waals surface area contributed by atoms with Gasteiger partial charge in [0.15, 0.2) is 0 Å². The minimum Gasteiger partial charge on any atom is -0.458 e. The van der Waals surface area contributed by atoms with Crippen LogP contribution in [0.4, 0.5) is 4.79 Å². The summed E-state index contributed by atoms with van der Waals surface area (Å²) in [6.07, 6.45) is 2.06. The predicted octanol–water partition coefficient (Wildman–Crippen LogP) is 3.93. The number of fused-ring (bicyclic) bond motifs is 1. The fraction of sp³-hybridized carbons (Fsp3) is 0.500. The Labute approximate surface area is 166 Å². The molecule has 0 aliphatic heterocycles. The van der Waals surface area contributed by atoms with Crippen molar-refractivity contribution in [2.75, 3.05) is 0 Å². The molecular formula is C22H28N2O4. The van der Waals surface area contributed by atoms with E-state index >= 15 is 0 Å². The monoisotopic (exact) mass is 384 g/mol. The van der Waals surface area contributed by atoms with Crippen molar-refractivity contribution in [3.63, 3.8) is 0 Å². The van der Waals surface area contributed by atoms with Crippen LogP contribution >= 0.6 is 0 Å². The van der Waals surface area contributed by atoms with Crippen molar-refractivity contribution in [1.29, 1.82) is 5.26 Å². The number of amides is 1. The van der Waals surface area contributed by atoms with Crippen molar-refractivity contribution in [2.24, 2.45) is 0 Å². The molecule has 28 heavy (non-hydrogen) atoms. The van der Waals surface area contributed by atoms with E-state index in [1.807, 2.05) is 24.3 Å². The van der Waals surface area contributed by atoms with Gasteiger partial charge in [-0.2, -0.15) is 5.26 Å². The van der Waals surface area contributed by atoms with E-state index in [4.69, 9.17) is 14.7 Å². The number of rotatable bonds is 4. The second-order valence-corrected chi connectivity index (χ2v) is 8.93. The van der Waals surface area contributed by atoms with Crippen LogP contribution in [0.25, 0.3) is 6.08 Å². The van der Waals surface area contributed by atoms with Crippen molar-refractivity contribution in [3.8, 4) is 6.07 Å². The highest BCUT2D eigenvalue weighted by Crippen LogP contribution is 2.26. The molecule has 0 radical (unpaired) electrons. The fourth-order valence-electron chi connectivity index (χ4n) is 2.83. The Kier molecular flexibility index (Phi) is 6.18. The van der Waals surface area contributed by atoms with Crippen molar-refractivity contribution in [1.82, 2.24) is 5.32 Å². The summed E-state index contributed by atoms with van der Waals surface area (Å²) < 4.78 is 10.8. The van der Waals surface area contributed by atoms with E-state index in [1.54, 1.807) is 41.5 Å². The van der Waals surface area contributed by atoms with E-state index in [2.05, 4.69) is 11.4 Å². The second kappa shape index (κ2) is 8.05. The SMILES string of the molecule is CC(C)(C)OC(=O)N[C@@H](Cc1ccc2c(c1)C=C(C#N)C2)C(=O)OC(C)(C)C. The third kappa shape index (κ3) is 6.41. The van der Waals surface area contributed by atoms with Crippen LogP contribution < -0.4 is 5.32 Å². The largest absolute Gasteiger partial charge is 0.458 e. The predicted molar refractivity (Wildman–Crippen MR) is 106 cm³/mol. The topological polar surface area (TPSA) is 88.4 Å². The number of alkyl carbamates (subject to hydrolysis) is 1. The smallest absolute Gasteiger partial charge is 0.408 e. The third-order valence-corrected chi connectivity index (χ3v) is 3.89. The zero-order chi connectivity index (χ0) is 21.1. The molecule has 0 fully saturated rings. The summed E-state index contributed by atoms with van der Waals surface area (Å²) >= 11 is 0. The molecule has 0 aromatic heterocycles. The summed E-state index contributed by atoms with van der Waals surface area (Å²) in [6.45, 7) is 10.6. The van der Waals surface area contributed by atoms with E-state index in [0.717, 1.165) is 16.7 Å². The van der Waals surface area contributed by atoms with Gasteiger partial charge >= 0.3 is 12.1 Å². The highest BCUT2D eigenvalue weighted by atomic mass is 16.6. The molecule has 1 aliphatic carbocycles. The fourth-order valence-corrected chi connectivity index (χ4v) is 2.83. The Morgan fingerprint density at radius 2 is 1.79 bits per heavy atom. The number of carbonyl (C=O) groups excluding carboxylic acids is 2. The van der Waals surface area contributed by atoms with Gasteiger partial charge in [0.25, 0.3) is 0 Å². The van der Waals surface area contributed by atoms with Gasteiger partial charge in [0.1, 0.15) is 17.2 Å². The Morgan fingerprint density at radius 1 is 1.14 bits per heavy atom. The number of benzene rings is 1. The van der Waals surface area contributed by atoms with Crippen LogP contribution in [0, 0.1) is 11.3 Å². The summed E-state index contributed by atoms with van der Waals surface area (Å²) in [5.41, 5.74) is 2.27. The zero-order valence-electron chi connectivity index (χ0n) is 17.4. The quantitative estimate of drug-likeness (QED) is 0.795. The van der Waals surface area contributed by atoms with E-state index in [9.17, 15) is 9.59 Å². The molecule has 0 saturated carbocycles. The van der Waals surface area contributed by atoms with Gasteiger partial charge < -0.3 is 14.8 Å². The van der Waals surface area contributed by atoms with E-state index in [1.165, 1.54) is 0 Å². The first-order valence-electron chi connectivity index (χ1n) is 9.31. The lowest BCUT2D eigenvalue weighted by atomic mass is 10.0. The molecule has 1 aliphatic rings. The average Bonchev–Trinajstić information content (AvgIpc) is 2.93. The normalized spacial score (nSPS) is 14.4. The van der Waals surface area contributed by atoms with E-state index < -0.39 is 29.3 Å². The van der Waals surface area contributed by atoms with Gasteiger partial charge in [0.05, 0.1) is 6.07 Å². The summed E-state index contributed by atoms with van der Waals surface area (Å²) in [7, 11) is 0. The van der Waals surface area contributed by atoms with E-state index in [-0.39, 0.29) is 6.42 Å². The molecule has 1 N–H and O–H groups in total. The molecule has 150 valence electrons. The first-order chi connectivity index (χ1) is 12.9. The van der Waals surface area contributed by atoms with E-state index in [0.29, 0.717) is 12.0 Å². The lowest BCUT2D eigenvalue weighted by molar-refractivity contribution is -0.157. The van der Waals surface area contributed by atoms with Gasteiger partial charge in [-0.25, -0.2) is 9.59 Å². The lowest BCUT2D eigenvalue weighted by Gasteiger charge is -2.26. The zero-order valence-corrected chi connectivity index (χ0v) is 17.4. The number of nitriles is 1. The number of ether oxygens (including phenoxy) is 2. The molecule has 1 amide bonds. The number of nitrogens with zero attached hydrogens (tertiary/aromatic N) is 1. The van der Waals surface area contributed by atoms with Gasteiger partial charge in [0.2, 0.25) is 0 Å². The highest BCUT2D eigenvalue weighted by molar-refractivity contribution is 5.82. The first kappa shape index (κ1) is 21.5. The number of hydrogen-bond acceptors (Lipinski definition) is 5. The number of carbonyl (C=O) groups is 2. The Bertz CT molecular complexity index is 836. The molecular weight excluding hydrogens is 356 g/mol. The van der Waals surface area contributed by atoms with Crippen molar-refractivity contribution in [2.45, 2.75) is 71.6 Å².